The van der Waals surface area contributed by atoms with E-state index >= 15 is 0 Å². The van der Waals surface area contributed by atoms with Crippen LogP contribution in [0.2, 0.25) is 0 Å². The highest BCUT2D eigenvalue weighted by molar-refractivity contribution is 6.03. The van der Waals surface area contributed by atoms with E-state index in [9.17, 15) is 9.59 Å². The van der Waals surface area contributed by atoms with Crippen LogP contribution in [0.3, 0.4) is 0 Å². The molecule has 0 bridgehead atoms. The molecule has 2 aliphatic rings. The normalized spacial score (nSPS) is 17.8. The number of fused-ring (bicyclic) bond motifs is 1. The van der Waals surface area contributed by atoms with Gasteiger partial charge in [-0.3, -0.25) is 14.9 Å². The summed E-state index contributed by atoms with van der Waals surface area (Å²) in [4.78, 5) is 26.6. The molecule has 0 saturated carbocycles. The molecule has 2 amide bonds. The molecule has 9 heteroatoms. The summed E-state index contributed by atoms with van der Waals surface area (Å²) in [7, 11) is 0. The number of nitrogens with one attached hydrogen (secondary N) is 1. The number of anilines is 2. The van der Waals surface area contributed by atoms with Crippen molar-refractivity contribution in [2.45, 2.75) is 12.3 Å². The summed E-state index contributed by atoms with van der Waals surface area (Å²) in [6.45, 7) is 1.36. The van der Waals surface area contributed by atoms with Crippen molar-refractivity contribution in [3.8, 4) is 11.5 Å². The lowest BCUT2D eigenvalue weighted by Gasteiger charge is -2.18. The van der Waals surface area contributed by atoms with Gasteiger partial charge < -0.3 is 18.8 Å². The van der Waals surface area contributed by atoms with Gasteiger partial charge in [0.2, 0.25) is 11.8 Å². The number of nitrogens with zero attached hydrogens (tertiary/aromatic N) is 3. The maximum Gasteiger partial charge on any atom is 0.322 e. The Morgan fingerprint density at radius 2 is 1.83 bits per heavy atom. The second-order valence-corrected chi connectivity index (χ2v) is 7.00. The van der Waals surface area contributed by atoms with Gasteiger partial charge in [0, 0.05) is 24.2 Å². The summed E-state index contributed by atoms with van der Waals surface area (Å²) in [5, 5.41) is 10.5. The summed E-state index contributed by atoms with van der Waals surface area (Å²) < 4.78 is 16.6. The van der Waals surface area contributed by atoms with Crippen molar-refractivity contribution in [3.05, 3.63) is 60.0 Å². The fourth-order valence-electron chi connectivity index (χ4n) is 3.53. The molecule has 1 unspecified atom stereocenters. The number of carbonyl (C=O) groups excluding carboxylic acids is 2. The third-order valence-corrected chi connectivity index (χ3v) is 5.01. The fraction of sp³-hybridized carbons (Fsp3) is 0.238. The van der Waals surface area contributed by atoms with Crippen molar-refractivity contribution in [1.82, 2.24) is 10.2 Å². The molecular weight excluding hydrogens is 388 g/mol. The van der Waals surface area contributed by atoms with Crippen LogP contribution >= 0.6 is 0 Å². The Kier molecular flexibility index (Phi) is 4.55. The number of para-hydroxylation sites is 1. The maximum absolute atomic E-state index is 12.5. The van der Waals surface area contributed by atoms with Gasteiger partial charge in [-0.1, -0.05) is 23.3 Å². The van der Waals surface area contributed by atoms with E-state index in [-0.39, 0.29) is 24.3 Å². The van der Waals surface area contributed by atoms with Gasteiger partial charge in [0.25, 0.3) is 5.91 Å². The number of aromatic nitrogens is 2. The van der Waals surface area contributed by atoms with Gasteiger partial charge in [0.15, 0.2) is 11.5 Å². The zero-order chi connectivity index (χ0) is 20.5. The molecule has 1 N–H and O–H groups in total. The highest BCUT2D eigenvalue weighted by atomic mass is 16.6. The predicted octanol–water partition coefficient (Wildman–Crippen LogP) is 2.61. The predicted molar refractivity (Wildman–Crippen MR) is 106 cm³/mol. The van der Waals surface area contributed by atoms with Crippen LogP contribution in [0.1, 0.15) is 28.6 Å². The number of carbonyl (C=O) groups is 2. The van der Waals surface area contributed by atoms with E-state index < -0.39 is 5.91 Å². The summed E-state index contributed by atoms with van der Waals surface area (Å²) >= 11 is 0. The molecule has 1 atom stereocenters. The van der Waals surface area contributed by atoms with Crippen LogP contribution < -0.4 is 19.7 Å². The first-order valence-electron chi connectivity index (χ1n) is 9.57. The van der Waals surface area contributed by atoms with Crippen LogP contribution in [-0.4, -0.2) is 41.8 Å². The molecular formula is C21H18N4O5. The molecule has 2 aliphatic heterocycles. The van der Waals surface area contributed by atoms with Gasteiger partial charge in [-0.05, 0) is 30.3 Å². The molecule has 0 radical (unpaired) electrons. The van der Waals surface area contributed by atoms with Crippen LogP contribution in [-0.2, 0) is 4.79 Å². The van der Waals surface area contributed by atoms with E-state index in [0.29, 0.717) is 42.7 Å². The van der Waals surface area contributed by atoms with Gasteiger partial charge in [-0.25, -0.2) is 0 Å². The minimum Gasteiger partial charge on any atom is -0.486 e. The standard InChI is InChI=1S/C21H18N4O5/c26-18-11-14(12-25(18)15-4-2-1-3-5-15)20-23-24-21(30-20)22-19(27)13-6-7-16-17(10-13)29-9-8-28-16/h1-7,10,14H,8-9,11-12H2,(H,22,24,27). The molecule has 3 heterocycles. The van der Waals surface area contributed by atoms with Crippen molar-refractivity contribution in [1.29, 1.82) is 0 Å². The van der Waals surface area contributed by atoms with Crippen LogP contribution in [0.25, 0.3) is 0 Å². The third kappa shape index (κ3) is 3.45. The molecule has 1 saturated heterocycles. The number of amides is 2. The highest BCUT2D eigenvalue weighted by Crippen LogP contribution is 2.32. The van der Waals surface area contributed by atoms with Crippen LogP contribution in [0, 0.1) is 0 Å². The first-order valence-corrected chi connectivity index (χ1v) is 9.57. The first-order chi connectivity index (χ1) is 14.7. The summed E-state index contributed by atoms with van der Waals surface area (Å²) in [5.41, 5.74) is 1.21. The van der Waals surface area contributed by atoms with Crippen molar-refractivity contribution < 1.29 is 23.5 Å². The maximum atomic E-state index is 12.5. The number of ether oxygens (including phenoxy) is 2. The summed E-state index contributed by atoms with van der Waals surface area (Å²) in [5.74, 6) is 0.795. The van der Waals surface area contributed by atoms with Gasteiger partial charge in [0.1, 0.15) is 13.2 Å². The smallest absolute Gasteiger partial charge is 0.322 e. The Morgan fingerprint density at radius 1 is 1.03 bits per heavy atom. The van der Waals surface area contributed by atoms with Crippen molar-refractivity contribution in [3.63, 3.8) is 0 Å². The number of hydrogen-bond acceptors (Lipinski definition) is 7. The highest BCUT2D eigenvalue weighted by Gasteiger charge is 2.35. The lowest BCUT2D eigenvalue weighted by atomic mass is 10.1. The quantitative estimate of drug-likeness (QED) is 0.710. The van der Waals surface area contributed by atoms with E-state index in [0.717, 1.165) is 5.69 Å². The van der Waals surface area contributed by atoms with E-state index in [4.69, 9.17) is 13.9 Å². The third-order valence-electron chi connectivity index (χ3n) is 5.01. The molecule has 3 aromatic rings. The van der Waals surface area contributed by atoms with E-state index in [1.807, 2.05) is 30.3 Å². The van der Waals surface area contributed by atoms with Crippen molar-refractivity contribution in [2.75, 3.05) is 30.0 Å². The molecule has 1 fully saturated rings. The Labute approximate surface area is 171 Å². The van der Waals surface area contributed by atoms with Gasteiger partial charge in [-0.15, -0.1) is 5.10 Å². The largest absolute Gasteiger partial charge is 0.486 e. The van der Waals surface area contributed by atoms with Crippen molar-refractivity contribution in [2.24, 2.45) is 0 Å². The average molecular weight is 406 g/mol. The Bertz CT molecular complexity index is 1100. The monoisotopic (exact) mass is 406 g/mol. The van der Waals surface area contributed by atoms with Gasteiger partial charge >= 0.3 is 6.01 Å². The summed E-state index contributed by atoms with van der Waals surface area (Å²) in [6.07, 6.45) is 0.270. The Hall–Kier alpha value is -3.88. The molecule has 0 aliphatic carbocycles. The zero-order valence-electron chi connectivity index (χ0n) is 15.9. The number of benzene rings is 2. The molecule has 152 valence electrons. The molecule has 9 nitrogen and oxygen atoms in total. The second kappa shape index (κ2) is 7.51. The Balaban J connectivity index is 1.27. The van der Waals surface area contributed by atoms with E-state index in [1.165, 1.54) is 0 Å². The van der Waals surface area contributed by atoms with Gasteiger partial charge in [-0.2, -0.15) is 0 Å². The molecule has 5 rings (SSSR count). The Morgan fingerprint density at radius 3 is 2.67 bits per heavy atom. The average Bonchev–Trinajstić information content (AvgIpc) is 3.40. The lowest BCUT2D eigenvalue weighted by molar-refractivity contribution is -0.117. The minimum absolute atomic E-state index is 0.00809. The zero-order valence-corrected chi connectivity index (χ0v) is 15.9. The number of rotatable bonds is 4. The summed E-state index contributed by atoms with van der Waals surface area (Å²) in [6, 6.07) is 14.3. The van der Waals surface area contributed by atoms with Crippen molar-refractivity contribution >= 4 is 23.5 Å². The second-order valence-electron chi connectivity index (χ2n) is 7.00. The van der Waals surface area contributed by atoms with Crippen LogP contribution in [0.4, 0.5) is 11.7 Å². The molecule has 2 aromatic carbocycles. The molecule has 0 spiro atoms. The lowest BCUT2D eigenvalue weighted by Crippen LogP contribution is -2.24. The van der Waals surface area contributed by atoms with E-state index in [2.05, 4.69) is 15.5 Å². The first kappa shape index (κ1) is 18.2. The van der Waals surface area contributed by atoms with E-state index in [1.54, 1.807) is 23.1 Å². The molecule has 1 aromatic heterocycles. The van der Waals surface area contributed by atoms with Crippen LogP contribution in [0.15, 0.2) is 52.9 Å². The molecule has 30 heavy (non-hydrogen) atoms. The SMILES string of the molecule is O=C(Nc1nnc(C2CC(=O)N(c3ccccc3)C2)o1)c1ccc2c(c1)OCCO2. The van der Waals surface area contributed by atoms with Crippen LogP contribution in [0.5, 0.6) is 11.5 Å². The minimum atomic E-state index is -0.407. The van der Waals surface area contributed by atoms with Gasteiger partial charge in [0.05, 0.1) is 5.92 Å². The topological polar surface area (TPSA) is 107 Å². The fourth-order valence-corrected chi connectivity index (χ4v) is 3.53. The number of hydrogen-bond donors (Lipinski definition) is 1.